The number of hydrogen-bond donors (Lipinski definition) is 1. The summed E-state index contributed by atoms with van der Waals surface area (Å²) in [6.45, 7) is 2.70. The first kappa shape index (κ1) is 25.0. The van der Waals surface area contributed by atoms with Crippen LogP contribution in [0.3, 0.4) is 0 Å². The lowest BCUT2D eigenvalue weighted by molar-refractivity contribution is -0.150. The molecule has 0 spiro atoms. The van der Waals surface area contributed by atoms with Crippen LogP contribution in [-0.2, 0) is 20.8 Å². The number of carbonyl (C=O) groups is 1. The van der Waals surface area contributed by atoms with Crippen molar-refractivity contribution in [2.75, 3.05) is 19.5 Å². The molecule has 2 aromatic rings. The van der Waals surface area contributed by atoms with Crippen LogP contribution in [0.4, 0.5) is 5.82 Å². The monoisotopic (exact) mass is 448 g/mol. The molecule has 2 aromatic heterocycles. The highest BCUT2D eigenvalue weighted by molar-refractivity contribution is 6.28. The first-order valence-electron chi connectivity index (χ1n) is 10.9. The lowest BCUT2D eigenvalue weighted by Gasteiger charge is -2.26. The van der Waals surface area contributed by atoms with E-state index >= 15 is 0 Å². The predicted molar refractivity (Wildman–Crippen MR) is 124 cm³/mol. The summed E-state index contributed by atoms with van der Waals surface area (Å²) in [4.78, 5) is 20.3. The summed E-state index contributed by atoms with van der Waals surface area (Å²) in [6.07, 6.45) is 16.4. The Balaban J connectivity index is 1.84. The molecule has 2 heterocycles. The van der Waals surface area contributed by atoms with Crippen molar-refractivity contribution >= 4 is 34.4 Å². The second kappa shape index (κ2) is 12.5. The van der Waals surface area contributed by atoms with Gasteiger partial charge in [0.05, 0.1) is 5.39 Å². The average Bonchev–Trinajstić information content (AvgIpc) is 3.17. The van der Waals surface area contributed by atoms with Crippen molar-refractivity contribution in [1.29, 1.82) is 0 Å². The maximum absolute atomic E-state index is 12.1. The molecular formula is C23H33ClN4O3. The number of nitrogens with two attached hydrogens (primary N) is 1. The van der Waals surface area contributed by atoms with Gasteiger partial charge in [0.15, 0.2) is 5.60 Å². The van der Waals surface area contributed by atoms with Crippen molar-refractivity contribution in [2.45, 2.75) is 76.9 Å². The number of terminal acetylenes is 1. The minimum atomic E-state index is -1.02. The number of esters is 1. The van der Waals surface area contributed by atoms with Gasteiger partial charge in [0, 0.05) is 32.7 Å². The van der Waals surface area contributed by atoms with Gasteiger partial charge < -0.3 is 19.8 Å². The number of unbranched alkanes of at least 4 members (excludes halogenated alkanes) is 6. The Labute approximate surface area is 189 Å². The zero-order valence-corrected chi connectivity index (χ0v) is 19.3. The second-order valence-corrected chi connectivity index (χ2v) is 8.09. The molecule has 0 saturated heterocycles. The average molecular weight is 449 g/mol. The summed E-state index contributed by atoms with van der Waals surface area (Å²) in [5, 5.41) is 0.799. The van der Waals surface area contributed by atoms with E-state index in [1.54, 1.807) is 0 Å². The summed E-state index contributed by atoms with van der Waals surface area (Å²) in [5.41, 5.74) is 5.50. The maximum Gasteiger partial charge on any atom is 0.305 e. The van der Waals surface area contributed by atoms with Crippen LogP contribution in [-0.4, -0.2) is 39.8 Å². The molecule has 1 unspecified atom stereocenters. The van der Waals surface area contributed by atoms with Gasteiger partial charge in [0.2, 0.25) is 5.28 Å². The fourth-order valence-electron chi connectivity index (χ4n) is 3.44. The number of methoxy groups -OCH3 is 1. The Morgan fingerprint density at radius 3 is 2.65 bits per heavy atom. The van der Waals surface area contributed by atoms with Gasteiger partial charge >= 0.3 is 5.97 Å². The Hall–Kier alpha value is -2.30. The van der Waals surface area contributed by atoms with Crippen LogP contribution in [0.25, 0.3) is 11.0 Å². The van der Waals surface area contributed by atoms with Crippen LogP contribution in [0.5, 0.6) is 0 Å². The van der Waals surface area contributed by atoms with E-state index in [4.69, 9.17) is 33.2 Å². The van der Waals surface area contributed by atoms with Crippen LogP contribution in [0.15, 0.2) is 12.3 Å². The normalized spacial score (nSPS) is 13.1. The number of nitrogen functional groups attached to an aromatic ring is 1. The highest BCUT2D eigenvalue weighted by Gasteiger charge is 2.29. The number of anilines is 1. The molecule has 0 aliphatic heterocycles. The zero-order valence-electron chi connectivity index (χ0n) is 18.5. The third-order valence-electron chi connectivity index (χ3n) is 5.48. The van der Waals surface area contributed by atoms with Crippen molar-refractivity contribution in [1.82, 2.24) is 14.5 Å². The molecule has 0 bridgehead atoms. The van der Waals surface area contributed by atoms with Gasteiger partial charge in [0.25, 0.3) is 0 Å². The molecule has 0 fully saturated rings. The fourth-order valence-corrected chi connectivity index (χ4v) is 3.61. The van der Waals surface area contributed by atoms with E-state index in [2.05, 4.69) is 22.8 Å². The minimum absolute atomic E-state index is 0.00636. The molecule has 8 heteroatoms. The molecule has 0 aromatic carbocycles. The molecule has 170 valence electrons. The first-order valence-corrected chi connectivity index (χ1v) is 11.3. The van der Waals surface area contributed by atoms with Gasteiger partial charge in [-0.3, -0.25) is 4.79 Å². The van der Waals surface area contributed by atoms with Crippen LogP contribution in [0.2, 0.25) is 5.28 Å². The van der Waals surface area contributed by atoms with Crippen molar-refractivity contribution in [2.24, 2.45) is 0 Å². The van der Waals surface area contributed by atoms with E-state index in [0.29, 0.717) is 36.2 Å². The Kier molecular flexibility index (Phi) is 10.1. The molecule has 0 radical (unpaired) electrons. The minimum Gasteiger partial charge on any atom is -0.462 e. The highest BCUT2D eigenvalue weighted by Crippen LogP contribution is 2.23. The number of fused-ring (bicyclic) bond motifs is 1. The van der Waals surface area contributed by atoms with Crippen molar-refractivity contribution < 1.29 is 14.3 Å². The Morgan fingerprint density at radius 2 is 1.97 bits per heavy atom. The third-order valence-corrected chi connectivity index (χ3v) is 5.65. The number of ether oxygens (including phenoxy) is 2. The summed E-state index contributed by atoms with van der Waals surface area (Å²) in [7, 11) is 1.52. The zero-order chi connectivity index (χ0) is 22.7. The maximum atomic E-state index is 12.1. The number of aromatic nitrogens is 3. The highest BCUT2D eigenvalue weighted by atomic mass is 35.5. The third kappa shape index (κ3) is 7.41. The van der Waals surface area contributed by atoms with E-state index in [9.17, 15) is 4.79 Å². The van der Waals surface area contributed by atoms with Crippen LogP contribution in [0.1, 0.15) is 64.7 Å². The number of halogens is 1. The van der Waals surface area contributed by atoms with Gasteiger partial charge in [0.1, 0.15) is 18.1 Å². The molecule has 7 nitrogen and oxygen atoms in total. The van der Waals surface area contributed by atoms with Crippen LogP contribution >= 0.6 is 11.6 Å². The van der Waals surface area contributed by atoms with Crippen LogP contribution < -0.4 is 5.73 Å². The summed E-state index contributed by atoms with van der Waals surface area (Å²) < 4.78 is 12.9. The molecule has 0 aliphatic rings. The van der Waals surface area contributed by atoms with E-state index < -0.39 is 5.60 Å². The van der Waals surface area contributed by atoms with Gasteiger partial charge in [-0.05, 0) is 24.1 Å². The topological polar surface area (TPSA) is 92.3 Å². The van der Waals surface area contributed by atoms with E-state index in [1.165, 1.54) is 32.8 Å². The number of hydrogen-bond acceptors (Lipinski definition) is 6. The molecule has 0 amide bonds. The quantitative estimate of drug-likeness (QED) is 0.194. The largest absolute Gasteiger partial charge is 0.462 e. The lowest BCUT2D eigenvalue weighted by atomic mass is 10.0. The number of aryl methyl sites for hydroxylation is 1. The fraction of sp³-hybridized carbons (Fsp3) is 0.609. The van der Waals surface area contributed by atoms with E-state index in [1.807, 2.05) is 16.8 Å². The van der Waals surface area contributed by atoms with Gasteiger partial charge in [-0.1, -0.05) is 51.4 Å². The number of nitrogens with zero attached hydrogens (tertiary/aromatic N) is 3. The van der Waals surface area contributed by atoms with Gasteiger partial charge in [-0.15, -0.1) is 6.42 Å². The van der Waals surface area contributed by atoms with Gasteiger partial charge in [-0.2, -0.15) is 4.98 Å². The molecule has 0 aliphatic carbocycles. The van der Waals surface area contributed by atoms with Crippen LogP contribution in [0, 0.1) is 12.3 Å². The predicted octanol–water partition coefficient (Wildman–Crippen LogP) is 4.76. The lowest BCUT2D eigenvalue weighted by Crippen LogP contribution is -2.37. The number of rotatable bonds is 14. The van der Waals surface area contributed by atoms with E-state index in [0.717, 1.165) is 19.3 Å². The van der Waals surface area contributed by atoms with Gasteiger partial charge in [-0.25, -0.2) is 4.98 Å². The Bertz CT molecular complexity index is 893. The SMILES string of the molecule is C#CC(CCn1ccc2c(N)nc(Cl)nc21)(COC(=O)CCCCCCCCC)OC. The van der Waals surface area contributed by atoms with Crippen molar-refractivity contribution in [3.8, 4) is 12.3 Å². The molecule has 0 saturated carbocycles. The molecule has 2 rings (SSSR count). The number of carbonyl (C=O) groups excluding carboxylic acids is 1. The summed E-state index contributed by atoms with van der Waals surface area (Å²) >= 11 is 5.94. The Morgan fingerprint density at radius 1 is 1.26 bits per heavy atom. The smallest absolute Gasteiger partial charge is 0.305 e. The standard InChI is InChI=1S/C23H33ClN4O3/c1-4-6-7-8-9-10-11-12-19(29)31-17-23(5-2,30-3)14-16-28-15-13-18-20(25)26-22(24)27-21(18)28/h2,13,15H,4,6-12,14,16-17H2,1,3H3,(H2,25,26,27). The molecule has 31 heavy (non-hydrogen) atoms. The summed E-state index contributed by atoms with van der Waals surface area (Å²) in [6, 6.07) is 1.83. The second-order valence-electron chi connectivity index (χ2n) is 7.75. The van der Waals surface area contributed by atoms with Crippen molar-refractivity contribution in [3.05, 3.63) is 17.5 Å². The molecule has 2 N–H and O–H groups in total. The van der Waals surface area contributed by atoms with E-state index in [-0.39, 0.29) is 17.9 Å². The molecular weight excluding hydrogens is 416 g/mol. The van der Waals surface area contributed by atoms with Crippen molar-refractivity contribution in [3.63, 3.8) is 0 Å². The molecule has 1 atom stereocenters. The summed E-state index contributed by atoms with van der Waals surface area (Å²) in [5.74, 6) is 2.73. The first-order chi connectivity index (χ1) is 14.9.